The molecular weight excluding hydrogens is 567 g/mol. The summed E-state index contributed by atoms with van der Waals surface area (Å²) in [6.07, 6.45) is 5.03. The lowest BCUT2D eigenvalue weighted by Crippen LogP contribution is -2.68. The second-order valence-electron chi connectivity index (χ2n) is 13.9. The molecule has 1 aliphatic carbocycles. The molecule has 43 heavy (non-hydrogen) atoms. The topological polar surface area (TPSA) is 73.0 Å². The monoisotopic (exact) mass is 604 g/mol. The highest BCUT2D eigenvalue weighted by Crippen LogP contribution is 2.45. The Morgan fingerprint density at radius 2 is 1.77 bits per heavy atom. The van der Waals surface area contributed by atoms with Crippen LogP contribution in [0.5, 0.6) is 0 Å². The van der Waals surface area contributed by atoms with E-state index < -0.39 is 23.7 Å². The van der Waals surface area contributed by atoms with Crippen LogP contribution in [0.4, 0.5) is 4.39 Å². The third kappa shape index (κ3) is 5.42. The third-order valence-electron chi connectivity index (χ3n) is 10.2. The Labute approximate surface area is 257 Å². The van der Waals surface area contributed by atoms with Gasteiger partial charge in [0.2, 0.25) is 11.8 Å². The highest BCUT2D eigenvalue weighted by atomic mass is 35.5. The number of benzene rings is 2. The number of hydrogen-bond acceptors (Lipinski definition) is 5. The Balaban J connectivity index is 1.02. The van der Waals surface area contributed by atoms with Gasteiger partial charge in [-0.2, -0.15) is 0 Å². The van der Waals surface area contributed by atoms with Gasteiger partial charge < -0.3 is 4.90 Å². The van der Waals surface area contributed by atoms with Crippen molar-refractivity contribution < 1.29 is 18.8 Å². The van der Waals surface area contributed by atoms with E-state index in [-0.39, 0.29) is 36.3 Å². The number of halogens is 2. The van der Waals surface area contributed by atoms with Gasteiger partial charge in [-0.25, -0.2) is 4.39 Å². The van der Waals surface area contributed by atoms with E-state index in [4.69, 9.17) is 11.6 Å². The molecule has 0 spiro atoms. The summed E-state index contributed by atoms with van der Waals surface area (Å²) >= 11 is 6.19. The molecular formula is C34H38ClFN4O3. The summed E-state index contributed by atoms with van der Waals surface area (Å²) in [5.41, 5.74) is 6.13. The minimum absolute atomic E-state index is 0.0570. The maximum Gasteiger partial charge on any atom is 0.258 e. The Morgan fingerprint density at radius 1 is 1.02 bits per heavy atom. The van der Waals surface area contributed by atoms with Gasteiger partial charge in [-0.05, 0) is 78.0 Å². The number of fused-ring (bicyclic) bond motifs is 3. The summed E-state index contributed by atoms with van der Waals surface area (Å²) in [5.74, 6) is -1.82. The number of carbonyl (C=O) groups excluding carboxylic acids is 3. The number of nitrogens with one attached hydrogen (secondary N) is 1. The molecule has 0 saturated carbocycles. The number of nitrogens with zero attached hydrogens (tertiary/aromatic N) is 3. The maximum absolute atomic E-state index is 15.3. The largest absolute Gasteiger partial charge is 0.322 e. The number of amides is 3. The van der Waals surface area contributed by atoms with Crippen molar-refractivity contribution in [1.29, 1.82) is 0 Å². The minimum atomic E-state index is -0.744. The zero-order chi connectivity index (χ0) is 30.0. The maximum atomic E-state index is 15.3. The fourth-order valence-electron chi connectivity index (χ4n) is 7.92. The van der Waals surface area contributed by atoms with Gasteiger partial charge in [-0.3, -0.25) is 29.5 Å². The van der Waals surface area contributed by atoms with Crippen molar-refractivity contribution in [3.05, 3.63) is 75.1 Å². The number of rotatable bonds is 6. The number of imide groups is 1. The molecule has 0 radical (unpaired) electrons. The van der Waals surface area contributed by atoms with E-state index in [0.29, 0.717) is 24.2 Å². The van der Waals surface area contributed by atoms with E-state index in [9.17, 15) is 14.4 Å². The summed E-state index contributed by atoms with van der Waals surface area (Å²) in [6, 6.07) is 11.9. The van der Waals surface area contributed by atoms with Gasteiger partial charge >= 0.3 is 0 Å². The fraction of sp³-hybridized carbons (Fsp3) is 0.500. The zero-order valence-corrected chi connectivity index (χ0v) is 25.6. The highest BCUT2D eigenvalue weighted by molar-refractivity contribution is 6.30. The van der Waals surface area contributed by atoms with E-state index in [1.165, 1.54) is 34.9 Å². The molecule has 8 rings (SSSR count). The van der Waals surface area contributed by atoms with Gasteiger partial charge in [0.1, 0.15) is 11.9 Å². The molecule has 3 unspecified atom stereocenters. The first kappa shape index (κ1) is 28.7. The highest BCUT2D eigenvalue weighted by Gasteiger charge is 2.45. The fourth-order valence-corrected chi connectivity index (χ4v) is 8.04. The van der Waals surface area contributed by atoms with Crippen molar-refractivity contribution in [2.24, 2.45) is 5.41 Å². The van der Waals surface area contributed by atoms with Crippen LogP contribution >= 0.6 is 11.6 Å². The predicted molar refractivity (Wildman–Crippen MR) is 163 cm³/mol. The molecule has 5 heterocycles. The van der Waals surface area contributed by atoms with Gasteiger partial charge in [-0.1, -0.05) is 49.2 Å². The van der Waals surface area contributed by atoms with Crippen LogP contribution in [0.2, 0.25) is 5.02 Å². The quantitative estimate of drug-likeness (QED) is 0.461. The Hall–Kier alpha value is -3.07. The van der Waals surface area contributed by atoms with Crippen LogP contribution in [0.15, 0.2) is 42.0 Å². The molecule has 9 heteroatoms. The predicted octanol–water partition coefficient (Wildman–Crippen LogP) is 5.16. The second kappa shape index (κ2) is 10.8. The molecule has 3 atom stereocenters. The number of allylic oxidation sites excluding steroid dienone is 1. The van der Waals surface area contributed by atoms with E-state index in [0.717, 1.165) is 43.1 Å². The van der Waals surface area contributed by atoms with Crippen molar-refractivity contribution >= 4 is 34.9 Å². The Bertz CT molecular complexity index is 1520. The van der Waals surface area contributed by atoms with Gasteiger partial charge in [0.05, 0.1) is 5.56 Å². The number of piperidine rings is 2. The van der Waals surface area contributed by atoms with E-state index in [1.807, 2.05) is 18.2 Å². The molecule has 2 aromatic carbocycles. The van der Waals surface area contributed by atoms with Crippen molar-refractivity contribution in [3.8, 4) is 0 Å². The van der Waals surface area contributed by atoms with Crippen molar-refractivity contribution in [2.45, 2.75) is 83.6 Å². The number of hydrogen-bond donors (Lipinski definition) is 1. The molecule has 1 N–H and O–H groups in total. The minimum Gasteiger partial charge on any atom is -0.322 e. The van der Waals surface area contributed by atoms with Gasteiger partial charge in [-0.15, -0.1) is 0 Å². The van der Waals surface area contributed by atoms with Crippen molar-refractivity contribution in [2.75, 3.05) is 19.6 Å². The van der Waals surface area contributed by atoms with Gasteiger partial charge in [0.15, 0.2) is 0 Å². The van der Waals surface area contributed by atoms with Crippen LogP contribution in [0.1, 0.15) is 79.4 Å². The first-order valence-electron chi connectivity index (χ1n) is 15.5. The van der Waals surface area contributed by atoms with Crippen LogP contribution < -0.4 is 5.32 Å². The summed E-state index contributed by atoms with van der Waals surface area (Å²) in [7, 11) is 0. The molecule has 2 aromatic rings. The van der Waals surface area contributed by atoms with Crippen LogP contribution in [0, 0.1) is 11.2 Å². The molecule has 7 nitrogen and oxygen atoms in total. The first-order valence-corrected chi connectivity index (χ1v) is 15.8. The van der Waals surface area contributed by atoms with E-state index >= 15 is 4.39 Å². The van der Waals surface area contributed by atoms with Crippen molar-refractivity contribution in [3.63, 3.8) is 0 Å². The molecule has 226 valence electrons. The molecule has 2 bridgehead atoms. The lowest BCUT2D eigenvalue weighted by Gasteiger charge is -2.57. The summed E-state index contributed by atoms with van der Waals surface area (Å²) < 4.78 is 15.3. The molecule has 0 aromatic heterocycles. The van der Waals surface area contributed by atoms with E-state index in [1.54, 1.807) is 5.57 Å². The summed E-state index contributed by atoms with van der Waals surface area (Å²) in [5, 5.41) is 3.07. The molecule has 4 saturated heterocycles. The Kier molecular flexibility index (Phi) is 7.22. The summed E-state index contributed by atoms with van der Waals surface area (Å²) in [4.78, 5) is 43.5. The third-order valence-corrected chi connectivity index (χ3v) is 10.5. The van der Waals surface area contributed by atoms with Crippen molar-refractivity contribution in [1.82, 2.24) is 20.0 Å². The number of carbonyl (C=O) groups is 3. The zero-order valence-electron chi connectivity index (χ0n) is 24.8. The normalized spacial score (nSPS) is 27.3. The molecule has 6 aliphatic rings. The lowest BCUT2D eigenvalue weighted by atomic mass is 9.72. The SMILES string of the molecule is CC1(C)CCC(CN2C3CC2CN(Cc2cc(F)c4c(c2)CN(C2CCC(=O)NC2=O)C4=O)C3)=C(c2ccc(Cl)cc2)C1. The van der Waals surface area contributed by atoms with Gasteiger partial charge in [0, 0.05) is 56.3 Å². The average molecular weight is 605 g/mol. The van der Waals surface area contributed by atoms with Crippen LogP contribution in [0.3, 0.4) is 0 Å². The Morgan fingerprint density at radius 3 is 2.49 bits per heavy atom. The molecule has 3 amide bonds. The summed E-state index contributed by atoms with van der Waals surface area (Å²) in [6.45, 7) is 8.41. The van der Waals surface area contributed by atoms with Gasteiger partial charge in [0.25, 0.3) is 5.91 Å². The molecule has 5 aliphatic heterocycles. The lowest BCUT2D eigenvalue weighted by molar-refractivity contribution is -0.136. The average Bonchev–Trinajstić information content (AvgIpc) is 3.28. The first-order chi connectivity index (χ1) is 20.5. The van der Waals surface area contributed by atoms with Crippen LogP contribution in [-0.2, 0) is 22.7 Å². The smallest absolute Gasteiger partial charge is 0.258 e. The number of piperazine rings is 1. The standard InChI is InChI=1S/C34H38ClFN4O3/c1-34(2)10-9-22(27(14-34)21-3-5-24(35)6-4-21)16-39-25-13-26(39)19-38(18-25)15-20-11-23-17-40(33(43)31(23)28(36)12-20)29-7-8-30(41)37-32(29)42/h3-6,11-12,25-26,29H,7-10,13-19H2,1-2H3,(H,37,41,42). The second-order valence-corrected chi connectivity index (χ2v) is 14.3. The van der Waals surface area contributed by atoms with E-state index in [2.05, 4.69) is 41.1 Å². The van der Waals surface area contributed by atoms with Crippen LogP contribution in [-0.4, -0.2) is 70.2 Å². The van der Waals surface area contributed by atoms with Crippen LogP contribution in [0.25, 0.3) is 5.57 Å². The molecule has 4 fully saturated rings.